The Balaban J connectivity index is 3.03. The normalized spacial score (nSPS) is 13.3. The molecule has 110 valence electrons. The Morgan fingerprint density at radius 1 is 1.20 bits per heavy atom. The summed E-state index contributed by atoms with van der Waals surface area (Å²) in [5, 5.41) is 8.78. The Morgan fingerprint density at radius 3 is 2.10 bits per heavy atom. The Kier molecular flexibility index (Phi) is 4.73. The minimum Gasteiger partial charge on any atom is -0.478 e. The molecule has 0 aromatic heterocycles. The summed E-state index contributed by atoms with van der Waals surface area (Å²) in [6.45, 7) is 6.77. The van der Waals surface area contributed by atoms with Gasteiger partial charge >= 0.3 is 5.97 Å². The number of carboxylic acid groups (broad SMARTS) is 1. The lowest BCUT2D eigenvalue weighted by atomic mass is 10.1. The lowest BCUT2D eigenvalue weighted by molar-refractivity contribution is -0.132. The van der Waals surface area contributed by atoms with Crippen LogP contribution in [-0.2, 0) is 14.8 Å². The van der Waals surface area contributed by atoms with E-state index in [0.29, 0.717) is 5.56 Å². The summed E-state index contributed by atoms with van der Waals surface area (Å²) in [6.07, 6.45) is 1.48. The lowest BCUT2D eigenvalue weighted by Crippen LogP contribution is -2.40. The molecular formula is C14H19NO4S. The molecule has 0 unspecified atom stereocenters. The largest absolute Gasteiger partial charge is 0.478 e. The third-order valence-corrected chi connectivity index (χ3v) is 4.13. The van der Waals surface area contributed by atoms with Gasteiger partial charge in [0.25, 0.3) is 0 Å². The molecule has 5 nitrogen and oxygen atoms in total. The minimum atomic E-state index is -3.57. The molecular weight excluding hydrogens is 278 g/mol. The zero-order chi connectivity index (χ0) is 15.6. The van der Waals surface area contributed by atoms with Crippen LogP contribution in [0.25, 0.3) is 6.08 Å². The summed E-state index contributed by atoms with van der Waals surface area (Å²) < 4.78 is 26.7. The lowest BCUT2D eigenvalue weighted by Gasteiger charge is -2.20. The summed E-state index contributed by atoms with van der Waals surface area (Å²) in [6, 6.07) is 6.05. The zero-order valence-corrected chi connectivity index (χ0v) is 12.8. The van der Waals surface area contributed by atoms with E-state index in [1.165, 1.54) is 25.1 Å². The van der Waals surface area contributed by atoms with Crippen LogP contribution in [0.4, 0.5) is 0 Å². The van der Waals surface area contributed by atoms with Crippen molar-refractivity contribution in [3.05, 3.63) is 35.4 Å². The number of benzene rings is 1. The van der Waals surface area contributed by atoms with Crippen molar-refractivity contribution in [1.82, 2.24) is 4.72 Å². The first-order valence-corrected chi connectivity index (χ1v) is 7.55. The van der Waals surface area contributed by atoms with Crippen LogP contribution in [0.2, 0.25) is 0 Å². The van der Waals surface area contributed by atoms with Gasteiger partial charge in [0.1, 0.15) is 0 Å². The first-order valence-electron chi connectivity index (χ1n) is 6.07. The van der Waals surface area contributed by atoms with Crippen molar-refractivity contribution in [2.75, 3.05) is 0 Å². The molecule has 0 saturated heterocycles. The number of hydrogen-bond donors (Lipinski definition) is 2. The van der Waals surface area contributed by atoms with E-state index >= 15 is 0 Å². The highest BCUT2D eigenvalue weighted by Crippen LogP contribution is 2.15. The SMILES string of the molecule is CC(=Cc1ccc(S(=O)(=O)NC(C)(C)C)cc1)C(=O)O. The van der Waals surface area contributed by atoms with Crippen molar-refractivity contribution in [3.63, 3.8) is 0 Å². The molecule has 1 rings (SSSR count). The number of sulfonamides is 1. The molecule has 0 heterocycles. The Bertz CT molecular complexity index is 622. The van der Waals surface area contributed by atoms with E-state index in [-0.39, 0.29) is 10.5 Å². The predicted molar refractivity (Wildman–Crippen MR) is 77.8 cm³/mol. The molecule has 1 aromatic carbocycles. The van der Waals surface area contributed by atoms with Crippen molar-refractivity contribution in [3.8, 4) is 0 Å². The fraction of sp³-hybridized carbons (Fsp3) is 0.357. The fourth-order valence-corrected chi connectivity index (χ4v) is 2.94. The number of rotatable bonds is 4. The minimum absolute atomic E-state index is 0.151. The van der Waals surface area contributed by atoms with Gasteiger partial charge < -0.3 is 5.11 Å². The van der Waals surface area contributed by atoms with Crippen LogP contribution in [0.3, 0.4) is 0 Å². The van der Waals surface area contributed by atoms with Gasteiger partial charge in [-0.15, -0.1) is 0 Å². The molecule has 0 bridgehead atoms. The molecule has 6 heteroatoms. The second kappa shape index (κ2) is 5.76. The summed E-state index contributed by atoms with van der Waals surface area (Å²) in [5.74, 6) is -1.00. The maximum absolute atomic E-state index is 12.1. The van der Waals surface area contributed by atoms with Gasteiger partial charge in [0.15, 0.2) is 0 Å². The summed E-state index contributed by atoms with van der Waals surface area (Å²) in [4.78, 5) is 10.9. The van der Waals surface area contributed by atoms with Gasteiger partial charge in [0.2, 0.25) is 10.0 Å². The molecule has 2 N–H and O–H groups in total. The highest BCUT2D eigenvalue weighted by molar-refractivity contribution is 7.89. The molecule has 0 aliphatic rings. The quantitative estimate of drug-likeness (QED) is 0.835. The van der Waals surface area contributed by atoms with E-state index in [9.17, 15) is 13.2 Å². The zero-order valence-electron chi connectivity index (χ0n) is 12.0. The van der Waals surface area contributed by atoms with Crippen LogP contribution in [0.5, 0.6) is 0 Å². The topological polar surface area (TPSA) is 83.5 Å². The van der Waals surface area contributed by atoms with Gasteiger partial charge in [0.05, 0.1) is 4.90 Å². The number of aliphatic carboxylic acids is 1. The van der Waals surface area contributed by atoms with Crippen LogP contribution < -0.4 is 4.72 Å². The molecule has 0 amide bonds. The van der Waals surface area contributed by atoms with Gasteiger partial charge in [-0.3, -0.25) is 0 Å². The first kappa shape index (κ1) is 16.4. The number of carboxylic acids is 1. The van der Waals surface area contributed by atoms with Crippen molar-refractivity contribution in [2.24, 2.45) is 0 Å². The average molecular weight is 297 g/mol. The van der Waals surface area contributed by atoms with E-state index in [1.807, 2.05) is 0 Å². The summed E-state index contributed by atoms with van der Waals surface area (Å²) >= 11 is 0. The van der Waals surface area contributed by atoms with Crippen molar-refractivity contribution < 1.29 is 18.3 Å². The highest BCUT2D eigenvalue weighted by Gasteiger charge is 2.21. The molecule has 0 fully saturated rings. The predicted octanol–water partition coefficient (Wildman–Crippen LogP) is 2.25. The molecule has 20 heavy (non-hydrogen) atoms. The van der Waals surface area contributed by atoms with Crippen LogP contribution in [-0.4, -0.2) is 25.0 Å². The average Bonchev–Trinajstić information content (AvgIpc) is 2.26. The van der Waals surface area contributed by atoms with Crippen LogP contribution >= 0.6 is 0 Å². The van der Waals surface area contributed by atoms with Gasteiger partial charge in [-0.2, -0.15) is 0 Å². The standard InChI is InChI=1S/C14H19NO4S/c1-10(13(16)17)9-11-5-7-12(8-6-11)20(18,19)15-14(2,3)4/h5-9,15H,1-4H3,(H,16,17). The van der Waals surface area contributed by atoms with Crippen LogP contribution in [0.15, 0.2) is 34.7 Å². The Labute approximate surface area is 119 Å². The van der Waals surface area contributed by atoms with Crippen molar-refractivity contribution in [2.45, 2.75) is 38.1 Å². The van der Waals surface area contributed by atoms with Gasteiger partial charge in [0, 0.05) is 11.1 Å². The van der Waals surface area contributed by atoms with Crippen molar-refractivity contribution >= 4 is 22.1 Å². The van der Waals surface area contributed by atoms with E-state index in [1.54, 1.807) is 32.9 Å². The molecule has 0 atom stereocenters. The maximum atomic E-state index is 12.1. The molecule has 0 radical (unpaired) electrons. The number of hydrogen-bond acceptors (Lipinski definition) is 3. The maximum Gasteiger partial charge on any atom is 0.331 e. The summed E-state index contributed by atoms with van der Waals surface area (Å²) in [7, 11) is -3.57. The molecule has 0 aliphatic carbocycles. The third kappa shape index (κ3) is 4.79. The van der Waals surface area contributed by atoms with E-state index in [2.05, 4.69) is 4.72 Å². The number of nitrogens with one attached hydrogen (secondary N) is 1. The Morgan fingerprint density at radius 2 is 1.70 bits per heavy atom. The third-order valence-electron chi connectivity index (χ3n) is 2.35. The van der Waals surface area contributed by atoms with Gasteiger partial charge in [-0.1, -0.05) is 12.1 Å². The van der Waals surface area contributed by atoms with Crippen LogP contribution in [0, 0.1) is 0 Å². The summed E-state index contributed by atoms with van der Waals surface area (Å²) in [5.41, 5.74) is 0.269. The van der Waals surface area contributed by atoms with Crippen LogP contribution in [0.1, 0.15) is 33.3 Å². The van der Waals surface area contributed by atoms with E-state index in [0.717, 1.165) is 0 Å². The second-order valence-corrected chi connectivity index (χ2v) is 7.24. The van der Waals surface area contributed by atoms with Gasteiger partial charge in [-0.25, -0.2) is 17.9 Å². The molecule has 0 saturated carbocycles. The monoisotopic (exact) mass is 297 g/mol. The second-order valence-electron chi connectivity index (χ2n) is 5.56. The smallest absolute Gasteiger partial charge is 0.331 e. The van der Waals surface area contributed by atoms with Gasteiger partial charge in [-0.05, 0) is 51.5 Å². The molecule has 0 aliphatic heterocycles. The highest BCUT2D eigenvalue weighted by atomic mass is 32.2. The van der Waals surface area contributed by atoms with Crippen molar-refractivity contribution in [1.29, 1.82) is 0 Å². The first-order chi connectivity index (χ1) is 9.01. The number of carbonyl (C=O) groups is 1. The van der Waals surface area contributed by atoms with E-state index in [4.69, 9.17) is 5.11 Å². The Hall–Kier alpha value is -1.66. The molecule has 1 aromatic rings. The molecule has 0 spiro atoms. The fourth-order valence-electron chi connectivity index (χ4n) is 1.52. The van der Waals surface area contributed by atoms with E-state index < -0.39 is 21.5 Å².